The number of benzene rings is 1. The topological polar surface area (TPSA) is 39.1 Å². The Balaban J connectivity index is 1.70. The van der Waals surface area contributed by atoms with Crippen molar-refractivity contribution in [3.05, 3.63) is 30.0 Å². The third-order valence-electron chi connectivity index (χ3n) is 4.32. The van der Waals surface area contributed by atoms with Crippen molar-refractivity contribution in [1.29, 1.82) is 0 Å². The monoisotopic (exact) mass is 273 g/mol. The van der Waals surface area contributed by atoms with Crippen LogP contribution in [0.25, 0.3) is 10.9 Å². The average Bonchev–Trinajstić information content (AvgIpc) is 3.15. The van der Waals surface area contributed by atoms with Crippen molar-refractivity contribution in [3.8, 4) is 0 Å². The van der Waals surface area contributed by atoms with Gasteiger partial charge >= 0.3 is 0 Å². The summed E-state index contributed by atoms with van der Waals surface area (Å²) in [4.78, 5) is 0. The van der Waals surface area contributed by atoms with Crippen LogP contribution in [-0.4, -0.2) is 36.6 Å². The lowest BCUT2D eigenvalue weighted by Crippen LogP contribution is -2.28. The van der Waals surface area contributed by atoms with Crippen molar-refractivity contribution in [2.24, 2.45) is 12.5 Å². The molecule has 1 heterocycles. The first-order chi connectivity index (χ1) is 9.74. The van der Waals surface area contributed by atoms with Crippen LogP contribution in [0.5, 0.6) is 0 Å². The van der Waals surface area contributed by atoms with E-state index in [4.69, 9.17) is 9.84 Å². The molecule has 1 aromatic carbocycles. The molecular formula is C16H23N3O. The SMILES string of the molecule is COCCNCC1(Cc2nn(C)c3ccccc23)CC1. The van der Waals surface area contributed by atoms with E-state index in [1.165, 1.54) is 29.4 Å². The Labute approximate surface area is 120 Å². The molecule has 0 unspecified atom stereocenters. The summed E-state index contributed by atoms with van der Waals surface area (Å²) in [6.45, 7) is 2.78. The summed E-state index contributed by atoms with van der Waals surface area (Å²) >= 11 is 0. The fraction of sp³-hybridized carbons (Fsp3) is 0.562. The maximum absolute atomic E-state index is 5.08. The van der Waals surface area contributed by atoms with Gasteiger partial charge in [0.2, 0.25) is 0 Å². The Morgan fingerprint density at radius 2 is 2.15 bits per heavy atom. The molecule has 4 heteroatoms. The number of para-hydroxylation sites is 1. The Hall–Kier alpha value is -1.39. The minimum absolute atomic E-state index is 0.421. The minimum atomic E-state index is 0.421. The van der Waals surface area contributed by atoms with Gasteiger partial charge in [0.25, 0.3) is 0 Å². The molecule has 2 aromatic rings. The maximum atomic E-state index is 5.08. The molecule has 0 saturated heterocycles. The number of ether oxygens (including phenoxy) is 1. The van der Waals surface area contributed by atoms with Gasteiger partial charge < -0.3 is 10.1 Å². The van der Waals surface area contributed by atoms with Crippen LogP contribution in [0.3, 0.4) is 0 Å². The van der Waals surface area contributed by atoms with Crippen molar-refractivity contribution in [3.63, 3.8) is 0 Å². The van der Waals surface area contributed by atoms with E-state index in [9.17, 15) is 0 Å². The van der Waals surface area contributed by atoms with Crippen LogP contribution in [0.1, 0.15) is 18.5 Å². The van der Waals surface area contributed by atoms with Crippen LogP contribution in [0.4, 0.5) is 0 Å². The Morgan fingerprint density at radius 1 is 1.35 bits per heavy atom. The first-order valence-corrected chi connectivity index (χ1v) is 7.34. The predicted octanol–water partition coefficient (Wildman–Crippen LogP) is 2.13. The quantitative estimate of drug-likeness (QED) is 0.786. The first kappa shape index (κ1) is 13.6. The summed E-state index contributed by atoms with van der Waals surface area (Å²) in [5.41, 5.74) is 2.89. The second kappa shape index (κ2) is 5.54. The van der Waals surface area contributed by atoms with Crippen LogP contribution in [0.2, 0.25) is 0 Å². The molecule has 0 aliphatic heterocycles. The van der Waals surface area contributed by atoms with Gasteiger partial charge in [0.1, 0.15) is 0 Å². The number of hydrogen-bond donors (Lipinski definition) is 1. The molecule has 1 aliphatic rings. The van der Waals surface area contributed by atoms with Crippen LogP contribution in [0.15, 0.2) is 24.3 Å². The van der Waals surface area contributed by atoms with Crippen molar-refractivity contribution in [2.75, 3.05) is 26.8 Å². The molecule has 108 valence electrons. The highest BCUT2D eigenvalue weighted by Crippen LogP contribution is 2.48. The highest BCUT2D eigenvalue weighted by atomic mass is 16.5. The van der Waals surface area contributed by atoms with Gasteiger partial charge in [0, 0.05) is 32.6 Å². The zero-order valence-corrected chi connectivity index (χ0v) is 12.4. The van der Waals surface area contributed by atoms with E-state index in [0.29, 0.717) is 5.41 Å². The van der Waals surface area contributed by atoms with Crippen molar-refractivity contribution in [1.82, 2.24) is 15.1 Å². The molecule has 1 saturated carbocycles. The number of aryl methyl sites for hydroxylation is 1. The highest BCUT2D eigenvalue weighted by molar-refractivity contribution is 5.81. The lowest BCUT2D eigenvalue weighted by Gasteiger charge is -2.14. The van der Waals surface area contributed by atoms with Gasteiger partial charge in [-0.3, -0.25) is 4.68 Å². The van der Waals surface area contributed by atoms with Gasteiger partial charge in [-0.25, -0.2) is 0 Å². The molecule has 0 amide bonds. The van der Waals surface area contributed by atoms with E-state index in [-0.39, 0.29) is 0 Å². The van der Waals surface area contributed by atoms with Gasteiger partial charge in [0.05, 0.1) is 17.8 Å². The molecule has 4 nitrogen and oxygen atoms in total. The largest absolute Gasteiger partial charge is 0.383 e. The van der Waals surface area contributed by atoms with Crippen LogP contribution in [-0.2, 0) is 18.2 Å². The van der Waals surface area contributed by atoms with Crippen LogP contribution < -0.4 is 5.32 Å². The summed E-state index contributed by atoms with van der Waals surface area (Å²) in [7, 11) is 3.77. The van der Waals surface area contributed by atoms with Crippen molar-refractivity contribution in [2.45, 2.75) is 19.3 Å². The fourth-order valence-electron chi connectivity index (χ4n) is 2.90. The second-order valence-corrected chi connectivity index (χ2v) is 5.93. The smallest absolute Gasteiger partial charge is 0.0709 e. The molecule has 1 aliphatic carbocycles. The summed E-state index contributed by atoms with van der Waals surface area (Å²) in [5, 5.41) is 9.53. The number of methoxy groups -OCH3 is 1. The number of hydrogen-bond acceptors (Lipinski definition) is 3. The average molecular weight is 273 g/mol. The van der Waals surface area contributed by atoms with Crippen LogP contribution in [0, 0.1) is 5.41 Å². The zero-order valence-electron chi connectivity index (χ0n) is 12.4. The lowest BCUT2D eigenvalue weighted by molar-refractivity contribution is 0.197. The van der Waals surface area contributed by atoms with Crippen molar-refractivity contribution < 1.29 is 4.74 Å². The van der Waals surface area contributed by atoms with Gasteiger partial charge in [-0.15, -0.1) is 0 Å². The van der Waals surface area contributed by atoms with Crippen molar-refractivity contribution >= 4 is 10.9 Å². The number of nitrogens with one attached hydrogen (secondary N) is 1. The number of rotatable bonds is 7. The third-order valence-corrected chi connectivity index (χ3v) is 4.32. The molecule has 3 rings (SSSR count). The number of fused-ring (bicyclic) bond motifs is 1. The molecule has 0 bridgehead atoms. The van der Waals surface area contributed by atoms with E-state index in [2.05, 4.69) is 29.6 Å². The van der Waals surface area contributed by atoms with Crippen LogP contribution >= 0.6 is 0 Å². The Bertz CT molecular complexity index is 586. The summed E-state index contributed by atoms with van der Waals surface area (Å²) < 4.78 is 7.08. The molecule has 1 fully saturated rings. The molecule has 1 aromatic heterocycles. The lowest BCUT2D eigenvalue weighted by atomic mass is 9.98. The van der Waals surface area contributed by atoms with Gasteiger partial charge in [-0.1, -0.05) is 18.2 Å². The van der Waals surface area contributed by atoms with E-state index >= 15 is 0 Å². The maximum Gasteiger partial charge on any atom is 0.0709 e. The highest BCUT2D eigenvalue weighted by Gasteiger charge is 2.42. The number of nitrogens with zero attached hydrogens (tertiary/aromatic N) is 2. The molecule has 0 spiro atoms. The normalized spacial score (nSPS) is 16.7. The summed E-state index contributed by atoms with van der Waals surface area (Å²) in [5.74, 6) is 0. The van der Waals surface area contributed by atoms with Gasteiger partial charge in [0.15, 0.2) is 0 Å². The molecule has 0 atom stereocenters. The van der Waals surface area contributed by atoms with E-state index < -0.39 is 0 Å². The third kappa shape index (κ3) is 2.72. The fourth-order valence-corrected chi connectivity index (χ4v) is 2.90. The minimum Gasteiger partial charge on any atom is -0.383 e. The predicted molar refractivity (Wildman–Crippen MR) is 80.8 cm³/mol. The molecule has 1 N–H and O–H groups in total. The molecular weight excluding hydrogens is 250 g/mol. The van der Waals surface area contributed by atoms with Gasteiger partial charge in [-0.2, -0.15) is 5.10 Å². The van der Waals surface area contributed by atoms with Gasteiger partial charge in [-0.05, 0) is 30.7 Å². The standard InChI is InChI=1S/C16H23N3O/c1-19-15-6-4-3-5-13(15)14(18-19)11-16(7-8-16)12-17-9-10-20-2/h3-6,17H,7-12H2,1-2H3. The summed E-state index contributed by atoms with van der Waals surface area (Å²) in [6, 6.07) is 8.51. The molecule has 0 radical (unpaired) electrons. The van der Waals surface area contributed by atoms with E-state index in [1.807, 2.05) is 11.7 Å². The number of aromatic nitrogens is 2. The molecule has 20 heavy (non-hydrogen) atoms. The first-order valence-electron chi connectivity index (χ1n) is 7.34. The zero-order chi connectivity index (χ0) is 14.0. The van der Waals surface area contributed by atoms with E-state index in [1.54, 1.807) is 7.11 Å². The van der Waals surface area contributed by atoms with E-state index in [0.717, 1.165) is 26.1 Å². The Morgan fingerprint density at radius 3 is 2.90 bits per heavy atom. The Kier molecular flexibility index (Phi) is 3.76. The second-order valence-electron chi connectivity index (χ2n) is 5.93. The summed E-state index contributed by atoms with van der Waals surface area (Å²) in [6.07, 6.45) is 3.68.